The Morgan fingerprint density at radius 1 is 1.26 bits per heavy atom. The van der Waals surface area contributed by atoms with Gasteiger partial charge in [-0.25, -0.2) is 9.18 Å². The fourth-order valence-electron chi connectivity index (χ4n) is 3.34. The minimum absolute atomic E-state index is 0.0563. The number of likely N-dealkylation sites (tertiary alicyclic amines) is 1. The summed E-state index contributed by atoms with van der Waals surface area (Å²) in [5.41, 5.74) is 0.463. The molecule has 1 aromatic rings. The van der Waals surface area contributed by atoms with Crippen LogP contribution < -0.4 is 0 Å². The normalized spacial score (nSPS) is 22.3. The first-order valence-electron chi connectivity index (χ1n) is 8.44. The van der Waals surface area contributed by atoms with Crippen molar-refractivity contribution in [2.45, 2.75) is 59.1 Å². The number of benzene rings is 1. The van der Waals surface area contributed by atoms with Gasteiger partial charge in [-0.1, -0.05) is 26.0 Å². The molecule has 0 bridgehead atoms. The van der Waals surface area contributed by atoms with Crippen molar-refractivity contribution in [3.63, 3.8) is 0 Å². The smallest absolute Gasteiger partial charge is 0.410 e. The third-order valence-electron chi connectivity index (χ3n) is 4.37. The summed E-state index contributed by atoms with van der Waals surface area (Å²) >= 11 is 0. The highest BCUT2D eigenvalue weighted by Gasteiger charge is 2.38. The Bertz CT molecular complexity index is 533. The topological polar surface area (TPSA) is 29.5 Å². The van der Waals surface area contributed by atoms with Crippen LogP contribution in [0.3, 0.4) is 0 Å². The summed E-state index contributed by atoms with van der Waals surface area (Å²) in [4.78, 5) is 14.5. The molecule has 4 heteroatoms. The monoisotopic (exact) mass is 321 g/mol. The van der Waals surface area contributed by atoms with E-state index < -0.39 is 5.60 Å². The van der Waals surface area contributed by atoms with Gasteiger partial charge in [0.25, 0.3) is 0 Å². The molecule has 1 aliphatic rings. The van der Waals surface area contributed by atoms with Crippen molar-refractivity contribution in [2.75, 3.05) is 6.54 Å². The van der Waals surface area contributed by atoms with Gasteiger partial charge >= 0.3 is 6.09 Å². The molecule has 3 nitrogen and oxygen atoms in total. The standard InChI is InChI=1S/C19H28FNO2/c1-13(2)16-7-6-12-21(18(22)23-19(3,4)5)17(16)14-8-10-15(20)11-9-14/h8-11,13,16-17H,6-7,12H2,1-5H3/t16-,17-/m0/s1. The lowest BCUT2D eigenvalue weighted by Crippen LogP contribution is -2.46. The number of piperidine rings is 1. The number of carbonyl (C=O) groups excluding carboxylic acids is 1. The molecule has 0 spiro atoms. The van der Waals surface area contributed by atoms with E-state index in [1.54, 1.807) is 12.1 Å². The van der Waals surface area contributed by atoms with Crippen LogP contribution in [0.15, 0.2) is 24.3 Å². The van der Waals surface area contributed by atoms with E-state index in [0.717, 1.165) is 18.4 Å². The molecule has 0 radical (unpaired) electrons. The lowest BCUT2D eigenvalue weighted by Gasteiger charge is -2.43. The second-order valence-corrected chi connectivity index (χ2v) is 7.72. The number of rotatable bonds is 2. The molecular weight excluding hydrogens is 293 g/mol. The molecular formula is C19H28FNO2. The Kier molecular flexibility index (Phi) is 5.33. The fourth-order valence-corrected chi connectivity index (χ4v) is 3.34. The third kappa shape index (κ3) is 4.46. The molecule has 2 atom stereocenters. The maximum absolute atomic E-state index is 13.3. The summed E-state index contributed by atoms with van der Waals surface area (Å²) in [6.45, 7) is 10.7. The summed E-state index contributed by atoms with van der Waals surface area (Å²) in [7, 11) is 0. The van der Waals surface area contributed by atoms with Crippen molar-refractivity contribution in [3.8, 4) is 0 Å². The molecule has 1 aromatic carbocycles. The summed E-state index contributed by atoms with van der Waals surface area (Å²) in [6, 6.07) is 6.46. The highest BCUT2D eigenvalue weighted by molar-refractivity contribution is 5.69. The first-order chi connectivity index (χ1) is 10.7. The van der Waals surface area contributed by atoms with E-state index in [9.17, 15) is 9.18 Å². The van der Waals surface area contributed by atoms with Crippen LogP contribution in [0.1, 0.15) is 59.1 Å². The Hall–Kier alpha value is -1.58. The maximum Gasteiger partial charge on any atom is 0.410 e. The van der Waals surface area contributed by atoms with Crippen molar-refractivity contribution in [3.05, 3.63) is 35.6 Å². The van der Waals surface area contributed by atoms with E-state index in [2.05, 4.69) is 13.8 Å². The largest absolute Gasteiger partial charge is 0.444 e. The second-order valence-electron chi connectivity index (χ2n) is 7.72. The zero-order chi connectivity index (χ0) is 17.2. The molecule has 0 N–H and O–H groups in total. The van der Waals surface area contributed by atoms with Crippen molar-refractivity contribution in [1.82, 2.24) is 4.90 Å². The van der Waals surface area contributed by atoms with Crippen molar-refractivity contribution >= 4 is 6.09 Å². The van der Waals surface area contributed by atoms with E-state index in [1.165, 1.54) is 12.1 Å². The summed E-state index contributed by atoms with van der Waals surface area (Å²) in [5, 5.41) is 0. The Balaban J connectivity index is 2.33. The molecule has 23 heavy (non-hydrogen) atoms. The van der Waals surface area contributed by atoms with Gasteiger partial charge in [-0.15, -0.1) is 0 Å². The van der Waals surface area contributed by atoms with Gasteiger partial charge in [0.05, 0.1) is 6.04 Å². The lowest BCUT2D eigenvalue weighted by atomic mass is 9.78. The number of halogens is 1. The Labute approximate surface area is 138 Å². The van der Waals surface area contributed by atoms with Crippen LogP contribution in [0.5, 0.6) is 0 Å². The van der Waals surface area contributed by atoms with Gasteiger partial charge in [0.1, 0.15) is 11.4 Å². The zero-order valence-corrected chi connectivity index (χ0v) is 14.8. The number of hydrogen-bond acceptors (Lipinski definition) is 2. The number of ether oxygens (including phenoxy) is 1. The second kappa shape index (κ2) is 6.90. The van der Waals surface area contributed by atoms with Crippen LogP contribution in [0.2, 0.25) is 0 Å². The SMILES string of the molecule is CC(C)[C@@H]1CCCN(C(=O)OC(C)(C)C)[C@H]1c1ccc(F)cc1. The molecule has 0 aliphatic carbocycles. The summed E-state index contributed by atoms with van der Waals surface area (Å²) in [6.07, 6.45) is 1.76. The van der Waals surface area contributed by atoms with Crippen molar-refractivity contribution in [2.24, 2.45) is 11.8 Å². The summed E-state index contributed by atoms with van der Waals surface area (Å²) in [5.74, 6) is 0.534. The van der Waals surface area contributed by atoms with Crippen LogP contribution in [0.4, 0.5) is 9.18 Å². The van der Waals surface area contributed by atoms with Gasteiger partial charge in [-0.2, -0.15) is 0 Å². The van der Waals surface area contributed by atoms with Crippen LogP contribution in [0.25, 0.3) is 0 Å². The van der Waals surface area contributed by atoms with E-state index in [1.807, 2.05) is 25.7 Å². The van der Waals surface area contributed by atoms with Gasteiger partial charge in [-0.3, -0.25) is 0 Å². The Morgan fingerprint density at radius 3 is 2.39 bits per heavy atom. The van der Waals surface area contributed by atoms with Crippen molar-refractivity contribution < 1.29 is 13.9 Å². The molecule has 1 amide bonds. The molecule has 0 unspecified atom stereocenters. The average Bonchev–Trinajstić information content (AvgIpc) is 2.45. The van der Waals surface area contributed by atoms with E-state index in [4.69, 9.17) is 4.74 Å². The molecule has 1 heterocycles. The number of nitrogens with zero attached hydrogens (tertiary/aromatic N) is 1. The maximum atomic E-state index is 13.3. The number of hydrogen-bond donors (Lipinski definition) is 0. The van der Waals surface area contributed by atoms with Crippen LogP contribution in [-0.2, 0) is 4.74 Å². The number of amides is 1. The van der Waals surface area contributed by atoms with E-state index in [0.29, 0.717) is 18.4 Å². The van der Waals surface area contributed by atoms with E-state index in [-0.39, 0.29) is 18.0 Å². The number of carbonyl (C=O) groups is 1. The predicted molar refractivity (Wildman–Crippen MR) is 89.6 cm³/mol. The Morgan fingerprint density at radius 2 is 1.87 bits per heavy atom. The molecule has 128 valence electrons. The highest BCUT2D eigenvalue weighted by atomic mass is 19.1. The van der Waals surface area contributed by atoms with Gasteiger partial charge in [0, 0.05) is 6.54 Å². The molecule has 2 rings (SSSR count). The van der Waals surface area contributed by atoms with Crippen molar-refractivity contribution in [1.29, 1.82) is 0 Å². The van der Waals surface area contributed by atoms with Gasteiger partial charge in [0.15, 0.2) is 0 Å². The van der Waals surface area contributed by atoms with Crippen LogP contribution in [-0.4, -0.2) is 23.1 Å². The van der Waals surface area contributed by atoms with Gasteiger partial charge < -0.3 is 9.64 Å². The third-order valence-corrected chi connectivity index (χ3v) is 4.37. The molecule has 0 saturated carbocycles. The first kappa shape index (κ1) is 17.8. The fraction of sp³-hybridized carbons (Fsp3) is 0.632. The quantitative estimate of drug-likeness (QED) is 0.752. The summed E-state index contributed by atoms with van der Waals surface area (Å²) < 4.78 is 18.9. The van der Waals surface area contributed by atoms with Crippen LogP contribution in [0, 0.1) is 17.7 Å². The minimum Gasteiger partial charge on any atom is -0.444 e. The van der Waals surface area contributed by atoms with Gasteiger partial charge in [0.2, 0.25) is 0 Å². The predicted octanol–water partition coefficient (Wildman–Crippen LogP) is 5.17. The molecule has 1 saturated heterocycles. The average molecular weight is 321 g/mol. The molecule has 0 aromatic heterocycles. The molecule has 1 aliphatic heterocycles. The molecule has 1 fully saturated rings. The van der Waals surface area contributed by atoms with Gasteiger partial charge in [-0.05, 0) is 63.1 Å². The highest BCUT2D eigenvalue weighted by Crippen LogP contribution is 2.40. The minimum atomic E-state index is -0.519. The lowest BCUT2D eigenvalue weighted by molar-refractivity contribution is -0.00586. The first-order valence-corrected chi connectivity index (χ1v) is 8.44. The zero-order valence-electron chi connectivity index (χ0n) is 14.8. The van der Waals surface area contributed by atoms with Crippen LogP contribution >= 0.6 is 0 Å². The van der Waals surface area contributed by atoms with E-state index >= 15 is 0 Å².